The zero-order chi connectivity index (χ0) is 5.91. The van der Waals surface area contributed by atoms with Gasteiger partial charge in [-0.2, -0.15) is 0 Å². The van der Waals surface area contributed by atoms with Crippen LogP contribution in [0.25, 0.3) is 0 Å². The van der Waals surface area contributed by atoms with Crippen molar-refractivity contribution < 1.29 is 0 Å². The minimum Gasteiger partial charge on any atom is -0.117 e. The van der Waals surface area contributed by atoms with Gasteiger partial charge in [-0.3, -0.25) is 0 Å². The molecule has 7 heavy (non-hydrogen) atoms. The molecule has 0 amide bonds. The maximum absolute atomic E-state index is 2.29. The van der Waals surface area contributed by atoms with Gasteiger partial charge in [0.05, 0.1) is 0 Å². The van der Waals surface area contributed by atoms with Gasteiger partial charge in [0.1, 0.15) is 0 Å². The van der Waals surface area contributed by atoms with E-state index in [2.05, 4.69) is 27.7 Å². The van der Waals surface area contributed by atoms with Crippen LogP contribution in [0.2, 0.25) is 0 Å². The van der Waals surface area contributed by atoms with Crippen molar-refractivity contribution in [2.75, 3.05) is 6.16 Å². The van der Waals surface area contributed by atoms with Gasteiger partial charge in [0.2, 0.25) is 0 Å². The maximum Gasteiger partial charge on any atom is -0.0207 e. The summed E-state index contributed by atoms with van der Waals surface area (Å²) in [6, 6.07) is 0. The second kappa shape index (κ2) is 2.67. The van der Waals surface area contributed by atoms with Gasteiger partial charge in [-0.15, -0.1) is 8.58 Å². The normalized spacial score (nSPS) is 13.7. The van der Waals surface area contributed by atoms with Crippen LogP contribution in [-0.4, -0.2) is 11.3 Å². The third-order valence-corrected chi connectivity index (χ3v) is 2.12. The van der Waals surface area contributed by atoms with E-state index in [0.29, 0.717) is 5.16 Å². The third-order valence-electron chi connectivity index (χ3n) is 0.707. The predicted octanol–water partition coefficient (Wildman–Crippen LogP) is 2.48. The average Bonchev–Trinajstić information content (AvgIpc) is 1.30. The number of hydrogen-bond donors (Lipinski definition) is 0. The van der Waals surface area contributed by atoms with E-state index in [1.165, 1.54) is 6.16 Å². The molecule has 0 fully saturated rings. The van der Waals surface area contributed by atoms with E-state index in [9.17, 15) is 0 Å². The summed E-state index contributed by atoms with van der Waals surface area (Å²) in [4.78, 5) is 0. The van der Waals surface area contributed by atoms with Crippen molar-refractivity contribution in [3.8, 4) is 0 Å². The third kappa shape index (κ3) is 6.43. The van der Waals surface area contributed by atoms with Crippen LogP contribution < -0.4 is 0 Å². The zero-order valence-corrected chi connectivity index (χ0v) is 6.71. The second-order valence-corrected chi connectivity index (χ2v) is 5.34. The van der Waals surface area contributed by atoms with Crippen LogP contribution in [0.5, 0.6) is 0 Å². The lowest BCUT2D eigenvalue weighted by Crippen LogP contribution is -2.04. The minimum atomic E-state index is 0.578. The number of rotatable bonds is 1. The summed E-state index contributed by atoms with van der Waals surface area (Å²) in [5, 5.41) is 0.578. The fourth-order valence-corrected chi connectivity index (χ4v) is 1.59. The molecule has 1 heteroatoms. The molecule has 44 valence electrons. The van der Waals surface area contributed by atoms with Gasteiger partial charge < -0.3 is 0 Å². The maximum atomic E-state index is 2.29. The topological polar surface area (TPSA) is 0 Å². The summed E-state index contributed by atoms with van der Waals surface area (Å²) >= 11 is 0. The van der Waals surface area contributed by atoms with Crippen molar-refractivity contribution in [2.45, 2.75) is 32.9 Å². The summed E-state index contributed by atoms with van der Waals surface area (Å²) in [5.74, 6) is 0. The molecule has 0 saturated heterocycles. The van der Waals surface area contributed by atoms with E-state index in [0.717, 1.165) is 8.58 Å². The molecule has 0 radical (unpaired) electrons. The lowest BCUT2D eigenvalue weighted by atomic mass is 10.3. The molecular formula is C6H15P. The van der Waals surface area contributed by atoms with Gasteiger partial charge in [0.25, 0.3) is 0 Å². The second-order valence-electron chi connectivity index (χ2n) is 2.78. The molecule has 0 aliphatic carbocycles. The predicted molar refractivity (Wildman–Crippen MR) is 38.6 cm³/mol. The average molecular weight is 118 g/mol. The smallest absolute Gasteiger partial charge is 0.0207 e. The van der Waals surface area contributed by atoms with Crippen molar-refractivity contribution in [3.05, 3.63) is 0 Å². The van der Waals surface area contributed by atoms with Gasteiger partial charge in [-0.25, -0.2) is 0 Å². The van der Waals surface area contributed by atoms with E-state index >= 15 is 0 Å². The van der Waals surface area contributed by atoms with Crippen molar-refractivity contribution in [2.24, 2.45) is 0 Å². The molecule has 0 heterocycles. The molecule has 0 nitrogen and oxygen atoms in total. The Kier molecular flexibility index (Phi) is 2.83. The summed E-state index contributed by atoms with van der Waals surface area (Å²) in [7, 11) is 1.12. The first-order chi connectivity index (χ1) is 3.06. The zero-order valence-electron chi connectivity index (χ0n) is 5.71. The molecular weight excluding hydrogens is 103 g/mol. The summed E-state index contributed by atoms with van der Waals surface area (Å²) in [6.45, 7) is 9.10. The summed E-state index contributed by atoms with van der Waals surface area (Å²) in [5.41, 5.74) is 0. The van der Waals surface area contributed by atoms with Crippen molar-refractivity contribution in [1.29, 1.82) is 0 Å². The van der Waals surface area contributed by atoms with E-state index in [4.69, 9.17) is 0 Å². The lowest BCUT2D eigenvalue weighted by Gasteiger charge is -2.15. The van der Waals surface area contributed by atoms with Gasteiger partial charge >= 0.3 is 0 Å². The molecule has 0 aliphatic heterocycles. The van der Waals surface area contributed by atoms with Crippen molar-refractivity contribution in [1.82, 2.24) is 0 Å². The van der Waals surface area contributed by atoms with E-state index in [1.807, 2.05) is 0 Å². The number of hydrogen-bond acceptors (Lipinski definition) is 0. The Balaban J connectivity index is 3.15. The van der Waals surface area contributed by atoms with Gasteiger partial charge in [0, 0.05) is 0 Å². The van der Waals surface area contributed by atoms with Crippen LogP contribution in [0.4, 0.5) is 0 Å². The van der Waals surface area contributed by atoms with Crippen LogP contribution in [-0.2, 0) is 0 Å². The van der Waals surface area contributed by atoms with Crippen molar-refractivity contribution >= 4 is 8.58 Å². The van der Waals surface area contributed by atoms with E-state index < -0.39 is 0 Å². The Labute approximate surface area is 48.5 Å². The Hall–Kier alpha value is 0.430. The summed E-state index contributed by atoms with van der Waals surface area (Å²) in [6.07, 6.45) is 1.34. The van der Waals surface area contributed by atoms with Crippen LogP contribution in [0.1, 0.15) is 27.7 Å². The minimum absolute atomic E-state index is 0.578. The van der Waals surface area contributed by atoms with Crippen LogP contribution in [0.3, 0.4) is 0 Å². The van der Waals surface area contributed by atoms with Crippen LogP contribution >= 0.6 is 8.58 Å². The fraction of sp³-hybridized carbons (Fsp3) is 1.00. The molecule has 0 aliphatic rings. The van der Waals surface area contributed by atoms with E-state index in [1.54, 1.807) is 0 Å². The van der Waals surface area contributed by atoms with Gasteiger partial charge in [0.15, 0.2) is 0 Å². The molecule has 0 aromatic heterocycles. The fourth-order valence-electron chi connectivity index (χ4n) is 0.530. The molecule has 0 aromatic rings. The van der Waals surface area contributed by atoms with Gasteiger partial charge in [-0.1, -0.05) is 27.7 Å². The molecule has 1 unspecified atom stereocenters. The Morgan fingerprint density at radius 3 is 1.71 bits per heavy atom. The largest absolute Gasteiger partial charge is 0.117 e. The van der Waals surface area contributed by atoms with Crippen LogP contribution in [0, 0.1) is 0 Å². The lowest BCUT2D eigenvalue weighted by molar-refractivity contribution is 0.794. The molecule has 0 N–H and O–H groups in total. The van der Waals surface area contributed by atoms with Gasteiger partial charge in [-0.05, 0) is 11.3 Å². The molecule has 0 bridgehead atoms. The highest BCUT2D eigenvalue weighted by Crippen LogP contribution is 2.28. The van der Waals surface area contributed by atoms with E-state index in [-0.39, 0.29) is 0 Å². The highest BCUT2D eigenvalue weighted by molar-refractivity contribution is 7.39. The monoisotopic (exact) mass is 118 g/mol. The Morgan fingerprint density at radius 1 is 1.29 bits per heavy atom. The molecule has 0 saturated carbocycles. The molecule has 0 spiro atoms. The van der Waals surface area contributed by atoms with Crippen LogP contribution in [0.15, 0.2) is 0 Å². The molecule has 0 rings (SSSR count). The molecule has 0 aromatic carbocycles. The molecule has 1 atom stereocenters. The highest BCUT2D eigenvalue weighted by Gasteiger charge is 2.05. The standard InChI is InChI=1S/C6H15P/c1-5-7-6(2,3)4/h7H,5H2,1-4H3. The quantitative estimate of drug-likeness (QED) is 0.464. The Bertz CT molecular complexity index is 42.6. The first-order valence-corrected chi connectivity index (χ1v) is 4.02. The highest BCUT2D eigenvalue weighted by atomic mass is 31.1. The van der Waals surface area contributed by atoms with Crippen molar-refractivity contribution in [3.63, 3.8) is 0 Å². The Morgan fingerprint density at radius 2 is 1.71 bits per heavy atom. The first kappa shape index (κ1) is 7.43. The SMILES string of the molecule is CCPC(C)(C)C. The first-order valence-electron chi connectivity index (χ1n) is 2.81. The summed E-state index contributed by atoms with van der Waals surface area (Å²) < 4.78 is 0.